The van der Waals surface area contributed by atoms with Crippen molar-refractivity contribution >= 4 is 11.8 Å². The van der Waals surface area contributed by atoms with Gasteiger partial charge in [0.25, 0.3) is 0 Å². The number of aliphatic carboxylic acids is 1. The zero-order valence-electron chi connectivity index (χ0n) is 10.7. The maximum Gasteiger partial charge on any atom is 0.329 e. The fourth-order valence-electron chi connectivity index (χ4n) is 1.69. The predicted molar refractivity (Wildman–Crippen MR) is 66.7 cm³/mol. The van der Waals surface area contributed by atoms with Crippen molar-refractivity contribution in [2.45, 2.75) is 32.8 Å². The summed E-state index contributed by atoms with van der Waals surface area (Å²) >= 11 is 0. The molecular formula is C14H16O4. The second-order valence-corrected chi connectivity index (χ2v) is 5.04. The summed E-state index contributed by atoms with van der Waals surface area (Å²) in [5.41, 5.74) is -1.78. The summed E-state index contributed by atoms with van der Waals surface area (Å²) in [7, 11) is 0. The molecule has 0 aliphatic heterocycles. The van der Waals surface area contributed by atoms with Crippen molar-refractivity contribution in [3.8, 4) is 11.8 Å². The van der Waals surface area contributed by atoms with Crippen molar-refractivity contribution < 1.29 is 19.8 Å². The monoisotopic (exact) mass is 248 g/mol. The number of aliphatic hydroxyl groups is 1. The summed E-state index contributed by atoms with van der Waals surface area (Å²) in [5.74, 6) is 4.13. The van der Waals surface area contributed by atoms with Gasteiger partial charge in [0.1, 0.15) is 5.60 Å². The molecule has 0 aromatic rings. The number of hydrogen-bond donors (Lipinski definition) is 2. The first-order valence-corrected chi connectivity index (χ1v) is 5.55. The number of carbonyl (C=O) groups is 2. The first kappa shape index (κ1) is 14.2. The molecule has 0 saturated carbocycles. The molecule has 1 atom stereocenters. The number of allylic oxidation sites excluding steroid dienone is 2. The Morgan fingerprint density at radius 3 is 2.61 bits per heavy atom. The minimum Gasteiger partial charge on any atom is -0.478 e. The standard InChI is InChI=1S/C14H16O4/c1-10(8-12(16)17)4-6-14(18)7-5-11(15)9-13(14,2)3/h5,7-8,18H,9H2,1-3H3,(H,16,17)/b10-8-. The molecule has 0 bridgehead atoms. The van der Waals surface area contributed by atoms with E-state index in [1.54, 1.807) is 20.8 Å². The molecule has 4 nitrogen and oxygen atoms in total. The van der Waals surface area contributed by atoms with E-state index in [1.807, 2.05) is 0 Å². The molecule has 0 aromatic carbocycles. The van der Waals surface area contributed by atoms with Gasteiger partial charge in [-0.3, -0.25) is 4.79 Å². The molecule has 0 saturated heterocycles. The second-order valence-electron chi connectivity index (χ2n) is 5.04. The van der Waals surface area contributed by atoms with Crippen molar-refractivity contribution in [3.05, 3.63) is 23.8 Å². The van der Waals surface area contributed by atoms with Gasteiger partial charge in [0.2, 0.25) is 0 Å². The average molecular weight is 248 g/mol. The van der Waals surface area contributed by atoms with Crippen LogP contribution in [0.15, 0.2) is 23.8 Å². The van der Waals surface area contributed by atoms with Crippen molar-refractivity contribution in [3.63, 3.8) is 0 Å². The molecule has 0 aromatic heterocycles. The predicted octanol–water partition coefficient (Wildman–Crippen LogP) is 1.31. The van der Waals surface area contributed by atoms with Gasteiger partial charge in [-0.1, -0.05) is 25.7 Å². The molecule has 0 amide bonds. The fourth-order valence-corrected chi connectivity index (χ4v) is 1.69. The third-order valence-electron chi connectivity index (χ3n) is 2.95. The van der Waals surface area contributed by atoms with Crippen LogP contribution in [0.25, 0.3) is 0 Å². The summed E-state index contributed by atoms with van der Waals surface area (Å²) in [6, 6.07) is 0. The Balaban J connectivity index is 3.09. The maximum absolute atomic E-state index is 11.3. The van der Waals surface area contributed by atoms with Crippen molar-refractivity contribution in [1.29, 1.82) is 0 Å². The number of hydrogen-bond acceptors (Lipinski definition) is 3. The van der Waals surface area contributed by atoms with Crippen LogP contribution in [0.5, 0.6) is 0 Å². The number of carboxylic acids is 1. The van der Waals surface area contributed by atoms with Crippen LogP contribution in [0.1, 0.15) is 27.2 Å². The first-order valence-electron chi connectivity index (χ1n) is 5.55. The Morgan fingerprint density at radius 1 is 1.50 bits per heavy atom. The minimum atomic E-state index is -1.42. The Bertz CT molecular complexity index is 500. The van der Waals surface area contributed by atoms with Gasteiger partial charge >= 0.3 is 5.97 Å². The molecule has 2 N–H and O–H groups in total. The van der Waals surface area contributed by atoms with Crippen molar-refractivity contribution in [1.82, 2.24) is 0 Å². The highest BCUT2D eigenvalue weighted by Gasteiger charge is 2.43. The molecule has 96 valence electrons. The van der Waals surface area contributed by atoms with Gasteiger partial charge in [-0.25, -0.2) is 4.79 Å². The lowest BCUT2D eigenvalue weighted by atomic mass is 9.68. The van der Waals surface area contributed by atoms with E-state index < -0.39 is 17.0 Å². The summed E-state index contributed by atoms with van der Waals surface area (Å²) < 4.78 is 0. The summed E-state index contributed by atoms with van der Waals surface area (Å²) in [5, 5.41) is 19.0. The Kier molecular flexibility index (Phi) is 3.78. The van der Waals surface area contributed by atoms with Gasteiger partial charge in [0, 0.05) is 23.5 Å². The summed E-state index contributed by atoms with van der Waals surface area (Å²) in [4.78, 5) is 21.8. The average Bonchev–Trinajstić information content (AvgIpc) is 2.20. The van der Waals surface area contributed by atoms with Crippen LogP contribution < -0.4 is 0 Å². The fraction of sp³-hybridized carbons (Fsp3) is 0.429. The number of carbonyl (C=O) groups excluding carboxylic acids is 1. The molecule has 4 heteroatoms. The molecule has 1 aliphatic carbocycles. The number of rotatable bonds is 1. The number of ketones is 1. The third kappa shape index (κ3) is 3.08. The van der Waals surface area contributed by atoms with E-state index in [-0.39, 0.29) is 12.2 Å². The van der Waals surface area contributed by atoms with E-state index in [2.05, 4.69) is 11.8 Å². The molecular weight excluding hydrogens is 232 g/mol. The minimum absolute atomic E-state index is 0.0516. The van der Waals surface area contributed by atoms with Crippen LogP contribution in [0.2, 0.25) is 0 Å². The van der Waals surface area contributed by atoms with E-state index >= 15 is 0 Å². The van der Waals surface area contributed by atoms with Gasteiger partial charge < -0.3 is 10.2 Å². The lowest BCUT2D eigenvalue weighted by Crippen LogP contribution is -2.45. The van der Waals surface area contributed by atoms with Crippen molar-refractivity contribution in [2.24, 2.45) is 5.41 Å². The third-order valence-corrected chi connectivity index (χ3v) is 2.95. The lowest BCUT2D eigenvalue weighted by Gasteiger charge is -2.38. The zero-order valence-corrected chi connectivity index (χ0v) is 10.7. The van der Waals surface area contributed by atoms with E-state index in [0.717, 1.165) is 6.08 Å². The molecule has 0 heterocycles. The van der Waals surface area contributed by atoms with Crippen LogP contribution in [-0.4, -0.2) is 27.6 Å². The molecule has 18 heavy (non-hydrogen) atoms. The van der Waals surface area contributed by atoms with Gasteiger partial charge in [-0.2, -0.15) is 0 Å². The Morgan fingerprint density at radius 2 is 2.11 bits per heavy atom. The normalized spacial score (nSPS) is 26.4. The molecule has 1 unspecified atom stereocenters. The molecule has 0 radical (unpaired) electrons. The van der Waals surface area contributed by atoms with Crippen LogP contribution in [0, 0.1) is 17.3 Å². The molecule has 0 spiro atoms. The summed E-state index contributed by atoms with van der Waals surface area (Å²) in [6.07, 6.45) is 3.87. The van der Waals surface area contributed by atoms with Gasteiger partial charge in [0.15, 0.2) is 5.78 Å². The van der Waals surface area contributed by atoms with E-state index in [4.69, 9.17) is 5.11 Å². The number of carboxylic acid groups (broad SMARTS) is 1. The molecule has 0 fully saturated rings. The lowest BCUT2D eigenvalue weighted by molar-refractivity contribution is -0.131. The first-order chi connectivity index (χ1) is 8.16. The van der Waals surface area contributed by atoms with Gasteiger partial charge in [-0.15, -0.1) is 0 Å². The molecule has 1 rings (SSSR count). The van der Waals surface area contributed by atoms with Gasteiger partial charge in [0.05, 0.1) is 0 Å². The SMILES string of the molecule is C/C(C#CC1(O)C=CC(=O)CC1(C)C)=C/C(=O)O. The largest absolute Gasteiger partial charge is 0.478 e. The molecule has 1 aliphatic rings. The van der Waals surface area contributed by atoms with Crippen LogP contribution in [0.3, 0.4) is 0 Å². The van der Waals surface area contributed by atoms with E-state index in [1.165, 1.54) is 12.2 Å². The maximum atomic E-state index is 11.3. The van der Waals surface area contributed by atoms with Crippen LogP contribution in [0.4, 0.5) is 0 Å². The van der Waals surface area contributed by atoms with Crippen LogP contribution >= 0.6 is 0 Å². The van der Waals surface area contributed by atoms with Crippen LogP contribution in [-0.2, 0) is 9.59 Å². The highest BCUT2D eigenvalue weighted by Crippen LogP contribution is 2.38. The van der Waals surface area contributed by atoms with E-state index in [9.17, 15) is 14.7 Å². The quantitative estimate of drug-likeness (QED) is 0.542. The second kappa shape index (κ2) is 4.79. The Hall–Kier alpha value is -1.86. The van der Waals surface area contributed by atoms with E-state index in [0.29, 0.717) is 5.57 Å². The van der Waals surface area contributed by atoms with Crippen molar-refractivity contribution in [2.75, 3.05) is 0 Å². The highest BCUT2D eigenvalue weighted by atomic mass is 16.4. The highest BCUT2D eigenvalue weighted by molar-refractivity contribution is 5.92. The summed E-state index contributed by atoms with van der Waals surface area (Å²) in [6.45, 7) is 5.05. The van der Waals surface area contributed by atoms with Gasteiger partial charge in [-0.05, 0) is 19.1 Å². The topological polar surface area (TPSA) is 74.6 Å². The zero-order chi connectivity index (χ0) is 14.0. The smallest absolute Gasteiger partial charge is 0.329 e. The Labute approximate surface area is 106 Å².